The van der Waals surface area contributed by atoms with E-state index in [0.29, 0.717) is 14.9 Å². The molecule has 0 spiro atoms. The Kier molecular flexibility index (Phi) is 4.67. The van der Waals surface area contributed by atoms with E-state index in [1.54, 1.807) is 12.1 Å². The molecule has 0 unspecified atom stereocenters. The lowest BCUT2D eigenvalue weighted by Crippen LogP contribution is -2.08. The molecule has 0 fully saturated rings. The molecule has 21 heavy (non-hydrogen) atoms. The van der Waals surface area contributed by atoms with Gasteiger partial charge in [-0.2, -0.15) is 18.4 Å². The van der Waals surface area contributed by atoms with Crippen LogP contribution in [0.3, 0.4) is 0 Å². The zero-order chi connectivity index (χ0) is 15.6. The number of nitrogens with zero attached hydrogens (tertiary/aromatic N) is 2. The monoisotopic (exact) mass is 348 g/mol. The first-order chi connectivity index (χ1) is 9.81. The third kappa shape index (κ3) is 3.82. The number of rotatable bonds is 2. The number of hydrogen-bond donors (Lipinski definition) is 0. The second-order valence-corrected chi connectivity index (χ2v) is 5.71. The summed E-state index contributed by atoms with van der Waals surface area (Å²) >= 11 is 12.6. The van der Waals surface area contributed by atoms with E-state index in [0.717, 1.165) is 23.9 Å². The summed E-state index contributed by atoms with van der Waals surface area (Å²) in [6, 6.07) is 8.22. The molecule has 108 valence electrons. The lowest BCUT2D eigenvalue weighted by atomic mass is 10.2. The van der Waals surface area contributed by atoms with Gasteiger partial charge in [0.15, 0.2) is 0 Å². The van der Waals surface area contributed by atoms with Crippen molar-refractivity contribution >= 4 is 35.0 Å². The van der Waals surface area contributed by atoms with Crippen molar-refractivity contribution in [3.63, 3.8) is 0 Å². The second kappa shape index (κ2) is 6.14. The Morgan fingerprint density at radius 1 is 1.14 bits per heavy atom. The molecule has 0 radical (unpaired) electrons. The third-order valence-electron chi connectivity index (χ3n) is 2.37. The minimum absolute atomic E-state index is 0.0315. The second-order valence-electron chi connectivity index (χ2n) is 3.84. The molecule has 0 atom stereocenters. The third-order valence-corrected chi connectivity index (χ3v) is 4.11. The number of hydrogen-bond acceptors (Lipinski definition) is 3. The molecule has 2 aromatic rings. The molecule has 2 nitrogen and oxygen atoms in total. The average Bonchev–Trinajstić information content (AvgIpc) is 2.42. The summed E-state index contributed by atoms with van der Waals surface area (Å²) in [5.74, 6) is 0. The van der Waals surface area contributed by atoms with E-state index < -0.39 is 11.9 Å². The predicted molar refractivity (Wildman–Crippen MR) is 74.5 cm³/mol. The van der Waals surface area contributed by atoms with Crippen molar-refractivity contribution in [2.24, 2.45) is 0 Å². The van der Waals surface area contributed by atoms with Gasteiger partial charge in [0.25, 0.3) is 0 Å². The molecule has 0 bridgehead atoms. The van der Waals surface area contributed by atoms with Crippen molar-refractivity contribution in [1.29, 1.82) is 5.26 Å². The van der Waals surface area contributed by atoms with Gasteiger partial charge in [-0.05, 0) is 30.3 Å². The Balaban J connectivity index is 2.47. The Labute approximate surface area is 132 Å². The van der Waals surface area contributed by atoms with E-state index in [1.807, 2.05) is 0 Å². The molecule has 1 aromatic carbocycles. The average molecular weight is 349 g/mol. The Bertz CT molecular complexity index is 726. The van der Waals surface area contributed by atoms with Gasteiger partial charge < -0.3 is 0 Å². The topological polar surface area (TPSA) is 36.7 Å². The lowest BCUT2D eigenvalue weighted by Gasteiger charge is -2.10. The zero-order valence-electron chi connectivity index (χ0n) is 10.1. The Morgan fingerprint density at radius 2 is 1.86 bits per heavy atom. The molecule has 0 saturated carbocycles. The maximum Gasteiger partial charge on any atom is 0.433 e. The highest BCUT2D eigenvalue weighted by Gasteiger charge is 2.33. The minimum Gasteiger partial charge on any atom is -0.235 e. The summed E-state index contributed by atoms with van der Waals surface area (Å²) in [6.07, 6.45) is -4.58. The van der Waals surface area contributed by atoms with Gasteiger partial charge in [0.2, 0.25) is 0 Å². The molecule has 0 saturated heterocycles. The minimum atomic E-state index is -4.58. The molecular weight excluding hydrogens is 344 g/mol. The van der Waals surface area contributed by atoms with E-state index in [9.17, 15) is 13.2 Å². The van der Waals surface area contributed by atoms with Crippen LogP contribution in [-0.2, 0) is 6.18 Å². The van der Waals surface area contributed by atoms with Crippen molar-refractivity contribution in [1.82, 2.24) is 4.98 Å². The standard InChI is InChI=1S/C13H5Cl2F3N2S/c14-8-2-3-9(15)10(5-8)21-12-7(6-19)1-4-11(20-12)13(16,17)18/h1-5H. The van der Waals surface area contributed by atoms with Gasteiger partial charge in [-0.1, -0.05) is 35.0 Å². The van der Waals surface area contributed by atoms with Gasteiger partial charge in [-0.25, -0.2) is 4.98 Å². The van der Waals surface area contributed by atoms with Gasteiger partial charge in [-0.15, -0.1) is 0 Å². The highest BCUT2D eigenvalue weighted by atomic mass is 35.5. The highest BCUT2D eigenvalue weighted by Crippen LogP contribution is 2.37. The lowest BCUT2D eigenvalue weighted by molar-refractivity contribution is -0.141. The summed E-state index contributed by atoms with van der Waals surface area (Å²) in [4.78, 5) is 3.92. The van der Waals surface area contributed by atoms with Gasteiger partial charge in [0, 0.05) is 9.92 Å². The van der Waals surface area contributed by atoms with Crippen molar-refractivity contribution in [2.45, 2.75) is 16.1 Å². The van der Waals surface area contributed by atoms with E-state index >= 15 is 0 Å². The van der Waals surface area contributed by atoms with E-state index in [2.05, 4.69) is 4.98 Å². The predicted octanol–water partition coefficient (Wildman–Crippen LogP) is 5.43. The van der Waals surface area contributed by atoms with Crippen LogP contribution in [0.1, 0.15) is 11.3 Å². The number of benzene rings is 1. The number of halogens is 5. The maximum absolute atomic E-state index is 12.7. The van der Waals surface area contributed by atoms with E-state index in [4.69, 9.17) is 28.5 Å². The van der Waals surface area contributed by atoms with Crippen LogP contribution in [0.4, 0.5) is 13.2 Å². The zero-order valence-corrected chi connectivity index (χ0v) is 12.4. The van der Waals surface area contributed by atoms with Gasteiger partial charge in [0.1, 0.15) is 16.8 Å². The fraction of sp³-hybridized carbons (Fsp3) is 0.0769. The van der Waals surface area contributed by atoms with E-state index in [-0.39, 0.29) is 10.6 Å². The number of pyridine rings is 1. The fourth-order valence-electron chi connectivity index (χ4n) is 1.42. The molecule has 2 rings (SSSR count). The van der Waals surface area contributed by atoms with Crippen molar-refractivity contribution in [3.05, 3.63) is 51.6 Å². The maximum atomic E-state index is 12.7. The first-order valence-electron chi connectivity index (χ1n) is 5.42. The molecule has 0 aliphatic rings. The number of aromatic nitrogens is 1. The van der Waals surface area contributed by atoms with Crippen LogP contribution in [0.15, 0.2) is 40.3 Å². The van der Waals surface area contributed by atoms with Gasteiger partial charge >= 0.3 is 6.18 Å². The van der Waals surface area contributed by atoms with Crippen LogP contribution in [0, 0.1) is 11.3 Å². The van der Waals surface area contributed by atoms with Gasteiger partial charge in [0.05, 0.1) is 10.6 Å². The molecule has 8 heteroatoms. The SMILES string of the molecule is N#Cc1ccc(C(F)(F)F)nc1Sc1cc(Cl)ccc1Cl. The van der Waals surface area contributed by atoms with Crippen LogP contribution in [0.2, 0.25) is 10.0 Å². The quantitative estimate of drug-likeness (QED) is 0.725. The molecule has 0 aliphatic carbocycles. The smallest absolute Gasteiger partial charge is 0.235 e. The van der Waals surface area contributed by atoms with Crippen LogP contribution < -0.4 is 0 Å². The van der Waals surface area contributed by atoms with Crippen molar-refractivity contribution in [2.75, 3.05) is 0 Å². The molecule has 1 aromatic heterocycles. The number of alkyl halides is 3. The van der Waals surface area contributed by atoms with Crippen LogP contribution in [0.25, 0.3) is 0 Å². The molecular formula is C13H5Cl2F3N2S. The summed E-state index contributed by atoms with van der Waals surface area (Å²) in [5, 5.41) is 9.59. The molecule has 0 N–H and O–H groups in total. The van der Waals surface area contributed by atoms with Gasteiger partial charge in [-0.3, -0.25) is 0 Å². The first kappa shape index (κ1) is 16.0. The van der Waals surface area contributed by atoms with Crippen LogP contribution in [0.5, 0.6) is 0 Å². The fourth-order valence-corrected chi connectivity index (χ4v) is 2.82. The molecule has 0 amide bonds. The highest BCUT2D eigenvalue weighted by molar-refractivity contribution is 7.99. The Morgan fingerprint density at radius 3 is 2.48 bits per heavy atom. The molecule has 1 heterocycles. The van der Waals surface area contributed by atoms with E-state index in [1.165, 1.54) is 12.1 Å². The number of nitriles is 1. The van der Waals surface area contributed by atoms with Crippen LogP contribution in [-0.4, -0.2) is 4.98 Å². The van der Waals surface area contributed by atoms with Crippen molar-refractivity contribution < 1.29 is 13.2 Å². The summed E-state index contributed by atoms with van der Waals surface area (Å²) in [5.41, 5.74) is -1.04. The summed E-state index contributed by atoms with van der Waals surface area (Å²) < 4.78 is 38.1. The molecule has 0 aliphatic heterocycles. The largest absolute Gasteiger partial charge is 0.433 e. The Hall–Kier alpha value is -1.42. The van der Waals surface area contributed by atoms with Crippen LogP contribution >= 0.6 is 35.0 Å². The summed E-state index contributed by atoms with van der Waals surface area (Å²) in [7, 11) is 0. The first-order valence-corrected chi connectivity index (χ1v) is 7.00. The van der Waals surface area contributed by atoms with Crippen molar-refractivity contribution in [3.8, 4) is 6.07 Å². The normalized spacial score (nSPS) is 11.2. The summed E-state index contributed by atoms with van der Waals surface area (Å²) in [6.45, 7) is 0.